The Balaban J connectivity index is 1.47. The number of piperidine rings is 1. The Bertz CT molecular complexity index is 416. The third-order valence-corrected chi connectivity index (χ3v) is 6.64. The van der Waals surface area contributed by atoms with Gasteiger partial charge in [-0.15, -0.1) is 0 Å². The molecule has 20 heavy (non-hydrogen) atoms. The molecule has 3 fully saturated rings. The second kappa shape index (κ2) is 6.30. The molecule has 0 radical (unpaired) electrons. The largest absolute Gasteiger partial charge is 0.313 e. The summed E-state index contributed by atoms with van der Waals surface area (Å²) in [5.74, 6) is 0.260. The van der Waals surface area contributed by atoms with E-state index in [-0.39, 0.29) is 5.75 Å². The molecule has 0 bridgehead atoms. The predicted molar refractivity (Wildman–Crippen MR) is 80.2 cm³/mol. The van der Waals surface area contributed by atoms with Crippen molar-refractivity contribution in [2.24, 2.45) is 0 Å². The summed E-state index contributed by atoms with van der Waals surface area (Å²) in [6, 6.07) is 1.05. The quantitative estimate of drug-likeness (QED) is 0.782. The van der Waals surface area contributed by atoms with Crippen LogP contribution in [0.1, 0.15) is 38.5 Å². The van der Waals surface area contributed by atoms with Gasteiger partial charge in [-0.1, -0.05) is 6.42 Å². The molecule has 0 aromatic heterocycles. The fraction of sp³-hybridized carbons (Fsp3) is 1.00. The summed E-state index contributed by atoms with van der Waals surface area (Å²) < 4.78 is 26.4. The third-order valence-electron chi connectivity index (χ3n) is 4.80. The van der Waals surface area contributed by atoms with Crippen molar-refractivity contribution >= 4 is 10.0 Å². The lowest BCUT2D eigenvalue weighted by Crippen LogP contribution is -2.42. The maximum absolute atomic E-state index is 12.3. The molecule has 1 N–H and O–H groups in total. The summed E-state index contributed by atoms with van der Waals surface area (Å²) in [5, 5.41) is 3.29. The van der Waals surface area contributed by atoms with Crippen LogP contribution < -0.4 is 5.32 Å². The molecule has 1 saturated carbocycles. The Hall–Kier alpha value is -0.170. The monoisotopic (exact) mass is 301 g/mol. The van der Waals surface area contributed by atoms with Gasteiger partial charge in [0.2, 0.25) is 10.0 Å². The maximum atomic E-state index is 12.3. The molecule has 0 amide bonds. The number of rotatable bonds is 6. The minimum atomic E-state index is -3.06. The van der Waals surface area contributed by atoms with Gasteiger partial charge in [-0.2, -0.15) is 0 Å². The average molecular weight is 301 g/mol. The maximum Gasteiger partial charge on any atom is 0.215 e. The molecule has 1 unspecified atom stereocenters. The zero-order valence-electron chi connectivity index (χ0n) is 12.3. The Kier molecular flexibility index (Phi) is 4.65. The fourth-order valence-corrected chi connectivity index (χ4v) is 4.77. The Morgan fingerprint density at radius 3 is 2.45 bits per heavy atom. The number of hydrogen-bond donors (Lipinski definition) is 1. The first-order chi connectivity index (χ1) is 9.65. The molecular weight excluding hydrogens is 274 g/mol. The van der Waals surface area contributed by atoms with Gasteiger partial charge in [-0.3, -0.25) is 4.90 Å². The highest BCUT2D eigenvalue weighted by atomic mass is 32.2. The van der Waals surface area contributed by atoms with Gasteiger partial charge < -0.3 is 5.32 Å². The van der Waals surface area contributed by atoms with Crippen molar-refractivity contribution in [2.45, 2.75) is 50.6 Å². The van der Waals surface area contributed by atoms with Crippen LogP contribution in [0.3, 0.4) is 0 Å². The Morgan fingerprint density at radius 2 is 1.75 bits per heavy atom. The van der Waals surface area contributed by atoms with Crippen LogP contribution >= 0.6 is 0 Å². The van der Waals surface area contributed by atoms with Crippen LogP contribution in [0.5, 0.6) is 0 Å². The number of sulfonamides is 1. The minimum absolute atomic E-state index is 0.260. The van der Waals surface area contributed by atoms with Crippen molar-refractivity contribution in [3.05, 3.63) is 0 Å². The summed E-state index contributed by atoms with van der Waals surface area (Å²) in [6.45, 7) is 4.35. The standard InChI is InChI=1S/C14H27N3O2S/c18-20(19,11-7-15-13-4-5-13)17-10-6-14(12-17)16-8-2-1-3-9-16/h13-15H,1-12H2. The highest BCUT2D eigenvalue weighted by Gasteiger charge is 2.34. The highest BCUT2D eigenvalue weighted by Crippen LogP contribution is 2.22. The first-order valence-electron chi connectivity index (χ1n) is 8.10. The van der Waals surface area contributed by atoms with Gasteiger partial charge in [0, 0.05) is 31.7 Å². The summed E-state index contributed by atoms with van der Waals surface area (Å²) >= 11 is 0. The lowest BCUT2D eigenvalue weighted by molar-refractivity contribution is 0.169. The summed E-state index contributed by atoms with van der Waals surface area (Å²) in [5.41, 5.74) is 0. The van der Waals surface area contributed by atoms with Gasteiger partial charge >= 0.3 is 0 Å². The van der Waals surface area contributed by atoms with Crippen molar-refractivity contribution in [1.29, 1.82) is 0 Å². The number of nitrogens with one attached hydrogen (secondary N) is 1. The molecule has 3 rings (SSSR count). The Morgan fingerprint density at radius 1 is 1.00 bits per heavy atom. The van der Waals surface area contributed by atoms with E-state index in [4.69, 9.17) is 0 Å². The van der Waals surface area contributed by atoms with E-state index in [0.717, 1.165) is 19.5 Å². The highest BCUT2D eigenvalue weighted by molar-refractivity contribution is 7.89. The number of nitrogens with zero attached hydrogens (tertiary/aromatic N) is 2. The zero-order valence-corrected chi connectivity index (χ0v) is 13.1. The summed E-state index contributed by atoms with van der Waals surface area (Å²) in [7, 11) is -3.06. The molecule has 5 nitrogen and oxygen atoms in total. The smallest absolute Gasteiger partial charge is 0.215 e. The van der Waals surface area contributed by atoms with Crippen LogP contribution in [0, 0.1) is 0 Å². The second-order valence-corrected chi connectivity index (χ2v) is 8.53. The number of likely N-dealkylation sites (tertiary alicyclic amines) is 1. The molecule has 6 heteroatoms. The first-order valence-corrected chi connectivity index (χ1v) is 9.71. The van der Waals surface area contributed by atoms with E-state index in [1.165, 1.54) is 32.1 Å². The molecule has 116 valence electrons. The van der Waals surface area contributed by atoms with Crippen molar-refractivity contribution in [3.8, 4) is 0 Å². The molecule has 0 aromatic carbocycles. The molecule has 1 atom stereocenters. The van der Waals surface area contributed by atoms with Gasteiger partial charge in [0.15, 0.2) is 0 Å². The van der Waals surface area contributed by atoms with E-state index in [9.17, 15) is 8.42 Å². The van der Waals surface area contributed by atoms with Gasteiger partial charge in [-0.05, 0) is 45.2 Å². The van der Waals surface area contributed by atoms with Crippen LogP contribution in [0.15, 0.2) is 0 Å². The van der Waals surface area contributed by atoms with Gasteiger partial charge in [0.1, 0.15) is 0 Å². The van der Waals surface area contributed by atoms with E-state index in [0.29, 0.717) is 31.7 Å². The SMILES string of the molecule is O=S(=O)(CCNC1CC1)N1CCC(N2CCCCC2)C1. The molecule has 2 heterocycles. The van der Waals surface area contributed by atoms with E-state index in [1.807, 2.05) is 0 Å². The van der Waals surface area contributed by atoms with Crippen molar-refractivity contribution in [1.82, 2.24) is 14.5 Å². The molecular formula is C14H27N3O2S. The summed E-state index contributed by atoms with van der Waals surface area (Å²) in [4.78, 5) is 2.50. The molecule has 0 aromatic rings. The molecule has 2 saturated heterocycles. The second-order valence-electron chi connectivity index (χ2n) is 6.44. The van der Waals surface area contributed by atoms with Crippen molar-refractivity contribution in [3.63, 3.8) is 0 Å². The first kappa shape index (κ1) is 14.8. The van der Waals surface area contributed by atoms with Gasteiger partial charge in [0.05, 0.1) is 5.75 Å². The lowest BCUT2D eigenvalue weighted by Gasteiger charge is -2.32. The third kappa shape index (κ3) is 3.72. The predicted octanol–water partition coefficient (Wildman–Crippen LogP) is 0.628. The molecule has 1 aliphatic carbocycles. The minimum Gasteiger partial charge on any atom is -0.313 e. The van der Waals surface area contributed by atoms with Gasteiger partial charge in [-0.25, -0.2) is 12.7 Å². The van der Waals surface area contributed by atoms with Crippen LogP contribution in [0.4, 0.5) is 0 Å². The van der Waals surface area contributed by atoms with E-state index < -0.39 is 10.0 Å². The van der Waals surface area contributed by atoms with Crippen LogP contribution in [-0.2, 0) is 10.0 Å². The van der Waals surface area contributed by atoms with Gasteiger partial charge in [0.25, 0.3) is 0 Å². The van der Waals surface area contributed by atoms with Crippen LogP contribution in [-0.4, -0.2) is 68.2 Å². The van der Waals surface area contributed by atoms with E-state index >= 15 is 0 Å². The zero-order chi connectivity index (χ0) is 14.0. The Labute approximate surface area is 122 Å². The normalized spacial score (nSPS) is 29.9. The molecule has 3 aliphatic rings. The van der Waals surface area contributed by atoms with Crippen LogP contribution in [0.2, 0.25) is 0 Å². The average Bonchev–Trinajstić information content (AvgIpc) is 3.12. The van der Waals surface area contributed by atoms with E-state index in [1.54, 1.807) is 4.31 Å². The lowest BCUT2D eigenvalue weighted by atomic mass is 10.1. The van der Waals surface area contributed by atoms with Crippen molar-refractivity contribution in [2.75, 3.05) is 38.5 Å². The molecule has 0 spiro atoms. The molecule has 2 aliphatic heterocycles. The fourth-order valence-electron chi connectivity index (χ4n) is 3.35. The van der Waals surface area contributed by atoms with Crippen molar-refractivity contribution < 1.29 is 8.42 Å². The van der Waals surface area contributed by atoms with E-state index in [2.05, 4.69) is 10.2 Å². The van der Waals surface area contributed by atoms with Crippen LogP contribution in [0.25, 0.3) is 0 Å². The topological polar surface area (TPSA) is 52.7 Å². The summed E-state index contributed by atoms with van der Waals surface area (Å²) in [6.07, 6.45) is 7.30. The number of hydrogen-bond acceptors (Lipinski definition) is 4.